The zero-order valence-electron chi connectivity index (χ0n) is 8.83. The number of carboxylic acid groups (broad SMARTS) is 1. The largest absolute Gasteiger partial charge is 0.480 e. The number of hydrogen-bond donors (Lipinski definition) is 3. The van der Waals surface area contributed by atoms with Gasteiger partial charge in [0.15, 0.2) is 0 Å². The quantitative estimate of drug-likeness (QED) is 0.621. The molecule has 1 atom stereocenters. The van der Waals surface area contributed by atoms with Crippen LogP contribution in [0.2, 0.25) is 0 Å². The summed E-state index contributed by atoms with van der Waals surface area (Å²) in [4.78, 5) is 21.8. The Hall–Kier alpha value is -1.26. The molecule has 14 heavy (non-hydrogen) atoms. The molecule has 0 radical (unpaired) electrons. The lowest BCUT2D eigenvalue weighted by Gasteiger charge is -2.15. The van der Waals surface area contributed by atoms with Gasteiger partial charge in [0.1, 0.15) is 6.04 Å². The first kappa shape index (κ1) is 12.7. The van der Waals surface area contributed by atoms with Crippen LogP contribution in [0.15, 0.2) is 0 Å². The van der Waals surface area contributed by atoms with Gasteiger partial charge < -0.3 is 15.7 Å². The van der Waals surface area contributed by atoms with Crippen LogP contribution in [-0.4, -0.2) is 29.2 Å². The Bertz CT molecular complexity index is 204. The zero-order chi connectivity index (χ0) is 11.1. The first-order valence-corrected chi connectivity index (χ1v) is 4.77. The molecule has 0 aromatic rings. The van der Waals surface area contributed by atoms with Crippen LogP contribution < -0.4 is 10.6 Å². The number of urea groups is 1. The highest BCUT2D eigenvalue weighted by Crippen LogP contribution is 1.96. The third-order valence-electron chi connectivity index (χ3n) is 1.60. The lowest BCUT2D eigenvalue weighted by atomic mass is 10.2. The molecule has 0 bridgehead atoms. The molecule has 5 nitrogen and oxygen atoms in total. The van der Waals surface area contributed by atoms with Crippen molar-refractivity contribution in [3.63, 3.8) is 0 Å². The van der Waals surface area contributed by atoms with Crippen LogP contribution in [0.5, 0.6) is 0 Å². The van der Waals surface area contributed by atoms with Crippen molar-refractivity contribution in [1.29, 1.82) is 0 Å². The summed E-state index contributed by atoms with van der Waals surface area (Å²) >= 11 is 0. The summed E-state index contributed by atoms with van der Waals surface area (Å²) in [6.07, 6.45) is 1.17. The van der Waals surface area contributed by atoms with E-state index in [1.807, 2.05) is 20.8 Å². The summed E-state index contributed by atoms with van der Waals surface area (Å²) in [5.41, 5.74) is 0. The van der Waals surface area contributed by atoms with Gasteiger partial charge in [-0.25, -0.2) is 9.59 Å². The van der Waals surface area contributed by atoms with Crippen molar-refractivity contribution < 1.29 is 14.7 Å². The van der Waals surface area contributed by atoms with Crippen molar-refractivity contribution in [3.8, 4) is 0 Å². The fraction of sp³-hybridized carbons (Fsp3) is 0.778. The molecule has 0 unspecified atom stereocenters. The zero-order valence-corrected chi connectivity index (χ0v) is 8.83. The van der Waals surface area contributed by atoms with Crippen molar-refractivity contribution in [2.75, 3.05) is 0 Å². The van der Waals surface area contributed by atoms with E-state index in [-0.39, 0.29) is 6.04 Å². The molecule has 0 aliphatic heterocycles. The fourth-order valence-electron chi connectivity index (χ4n) is 1.01. The number of carbonyl (C=O) groups excluding carboxylic acids is 1. The van der Waals surface area contributed by atoms with Crippen molar-refractivity contribution >= 4 is 12.0 Å². The van der Waals surface area contributed by atoms with E-state index < -0.39 is 18.0 Å². The number of aliphatic carboxylic acids is 1. The standard InChI is InChI=1S/C9H18N2O3/c1-4-5-7(8(12)13)11-9(14)10-6(2)3/h6-7H,4-5H2,1-3H3,(H,12,13)(H2,10,11,14)/t7-/m1/s1. The van der Waals surface area contributed by atoms with E-state index in [0.29, 0.717) is 6.42 Å². The fourth-order valence-corrected chi connectivity index (χ4v) is 1.01. The highest BCUT2D eigenvalue weighted by atomic mass is 16.4. The normalized spacial score (nSPS) is 12.3. The third-order valence-corrected chi connectivity index (χ3v) is 1.60. The molecule has 0 rings (SSSR count). The van der Waals surface area contributed by atoms with Gasteiger partial charge in [-0.15, -0.1) is 0 Å². The van der Waals surface area contributed by atoms with Crippen molar-refractivity contribution in [1.82, 2.24) is 10.6 Å². The predicted octanol–water partition coefficient (Wildman–Crippen LogP) is 0.947. The summed E-state index contributed by atoms with van der Waals surface area (Å²) in [7, 11) is 0. The molecule has 0 spiro atoms. The number of hydrogen-bond acceptors (Lipinski definition) is 2. The number of carbonyl (C=O) groups is 2. The van der Waals surface area contributed by atoms with Gasteiger partial charge in [0, 0.05) is 6.04 Å². The number of carboxylic acids is 1. The van der Waals surface area contributed by atoms with E-state index in [2.05, 4.69) is 10.6 Å². The van der Waals surface area contributed by atoms with Crippen LogP contribution in [0.4, 0.5) is 4.79 Å². The van der Waals surface area contributed by atoms with Gasteiger partial charge in [0.2, 0.25) is 0 Å². The topological polar surface area (TPSA) is 78.4 Å². The van der Waals surface area contributed by atoms with Gasteiger partial charge in [-0.1, -0.05) is 13.3 Å². The predicted molar refractivity (Wildman–Crippen MR) is 53.1 cm³/mol. The van der Waals surface area contributed by atoms with E-state index in [4.69, 9.17) is 5.11 Å². The second-order valence-corrected chi connectivity index (χ2v) is 3.45. The maximum absolute atomic E-state index is 11.2. The number of rotatable bonds is 5. The lowest BCUT2D eigenvalue weighted by Crippen LogP contribution is -2.47. The van der Waals surface area contributed by atoms with Crippen molar-refractivity contribution in [2.24, 2.45) is 0 Å². The Morgan fingerprint density at radius 2 is 1.86 bits per heavy atom. The third kappa shape index (κ3) is 5.40. The summed E-state index contributed by atoms with van der Waals surface area (Å²) < 4.78 is 0. The number of amides is 2. The Morgan fingerprint density at radius 1 is 1.29 bits per heavy atom. The van der Waals surface area contributed by atoms with Gasteiger partial charge >= 0.3 is 12.0 Å². The van der Waals surface area contributed by atoms with Crippen LogP contribution >= 0.6 is 0 Å². The molecular weight excluding hydrogens is 184 g/mol. The van der Waals surface area contributed by atoms with Gasteiger partial charge in [-0.05, 0) is 20.3 Å². The second kappa shape index (κ2) is 6.23. The molecule has 0 heterocycles. The summed E-state index contributed by atoms with van der Waals surface area (Å²) in [5, 5.41) is 13.7. The monoisotopic (exact) mass is 202 g/mol. The molecule has 0 saturated carbocycles. The van der Waals surface area contributed by atoms with Gasteiger partial charge in [0.25, 0.3) is 0 Å². The Kier molecular flexibility index (Phi) is 5.67. The van der Waals surface area contributed by atoms with Gasteiger partial charge in [0.05, 0.1) is 0 Å². The van der Waals surface area contributed by atoms with Crippen molar-refractivity contribution in [2.45, 2.75) is 45.7 Å². The molecule has 5 heteroatoms. The Morgan fingerprint density at radius 3 is 2.21 bits per heavy atom. The number of nitrogens with one attached hydrogen (secondary N) is 2. The van der Waals surface area contributed by atoms with E-state index in [0.717, 1.165) is 6.42 Å². The molecule has 0 aliphatic rings. The average molecular weight is 202 g/mol. The molecule has 0 fully saturated rings. The first-order chi connectivity index (χ1) is 6.47. The van der Waals surface area contributed by atoms with Gasteiger partial charge in [-0.3, -0.25) is 0 Å². The molecular formula is C9H18N2O3. The van der Waals surface area contributed by atoms with E-state index >= 15 is 0 Å². The minimum Gasteiger partial charge on any atom is -0.480 e. The van der Waals surface area contributed by atoms with Crippen LogP contribution in [0.25, 0.3) is 0 Å². The average Bonchev–Trinajstić information content (AvgIpc) is 2.01. The SMILES string of the molecule is CCC[C@@H](NC(=O)NC(C)C)C(=O)O. The second-order valence-electron chi connectivity index (χ2n) is 3.45. The molecule has 2 amide bonds. The van der Waals surface area contributed by atoms with E-state index in [1.54, 1.807) is 0 Å². The molecule has 82 valence electrons. The smallest absolute Gasteiger partial charge is 0.326 e. The molecule has 0 aliphatic carbocycles. The Labute approximate surface area is 83.9 Å². The highest BCUT2D eigenvalue weighted by Gasteiger charge is 2.18. The van der Waals surface area contributed by atoms with Crippen LogP contribution in [0.1, 0.15) is 33.6 Å². The highest BCUT2D eigenvalue weighted by molar-refractivity contribution is 5.82. The Balaban J connectivity index is 4.02. The van der Waals surface area contributed by atoms with Crippen LogP contribution in [0.3, 0.4) is 0 Å². The van der Waals surface area contributed by atoms with E-state index in [1.165, 1.54) is 0 Å². The molecule has 0 aromatic carbocycles. The lowest BCUT2D eigenvalue weighted by molar-refractivity contribution is -0.139. The van der Waals surface area contributed by atoms with Gasteiger partial charge in [-0.2, -0.15) is 0 Å². The summed E-state index contributed by atoms with van der Waals surface area (Å²) in [6.45, 7) is 5.50. The molecule has 0 aromatic heterocycles. The maximum atomic E-state index is 11.2. The first-order valence-electron chi connectivity index (χ1n) is 4.77. The van der Waals surface area contributed by atoms with Crippen molar-refractivity contribution in [3.05, 3.63) is 0 Å². The summed E-state index contributed by atoms with van der Waals surface area (Å²) in [6, 6.07) is -1.22. The molecule has 0 saturated heterocycles. The maximum Gasteiger partial charge on any atom is 0.326 e. The molecule has 3 N–H and O–H groups in total. The minimum absolute atomic E-state index is 0.00562. The minimum atomic E-state index is -0.995. The van der Waals surface area contributed by atoms with Crippen LogP contribution in [-0.2, 0) is 4.79 Å². The van der Waals surface area contributed by atoms with E-state index in [9.17, 15) is 9.59 Å². The van der Waals surface area contributed by atoms with Crippen LogP contribution in [0, 0.1) is 0 Å². The summed E-state index contributed by atoms with van der Waals surface area (Å²) in [5.74, 6) is -0.995.